The molecule has 6 heteroatoms. The predicted molar refractivity (Wildman–Crippen MR) is 66.5 cm³/mol. The molecule has 0 atom stereocenters. The smallest absolute Gasteiger partial charge is 0.405 e. The van der Waals surface area contributed by atoms with Crippen molar-refractivity contribution in [1.29, 1.82) is 0 Å². The largest absolute Gasteiger partial charge is 0.573 e. The van der Waals surface area contributed by atoms with Crippen molar-refractivity contribution < 1.29 is 22.7 Å². The second kappa shape index (κ2) is 5.32. The monoisotopic (exact) mass is 281 g/mol. The van der Waals surface area contributed by atoms with Crippen LogP contribution in [0.1, 0.15) is 16.1 Å². The third-order valence-electron chi connectivity index (χ3n) is 2.64. The molecular weight excluding hydrogens is 271 g/mol. The van der Waals surface area contributed by atoms with E-state index in [1.54, 1.807) is 13.0 Å². The van der Waals surface area contributed by atoms with Gasteiger partial charge in [-0.25, -0.2) is 0 Å². The van der Waals surface area contributed by atoms with Crippen molar-refractivity contribution in [2.75, 3.05) is 0 Å². The summed E-state index contributed by atoms with van der Waals surface area (Å²) in [6.07, 6.45) is -4.13. The summed E-state index contributed by atoms with van der Waals surface area (Å²) >= 11 is 0. The number of ether oxygens (including phenoxy) is 1. The number of pyridine rings is 1. The van der Waals surface area contributed by atoms with Crippen molar-refractivity contribution in [2.24, 2.45) is 0 Å². The lowest BCUT2D eigenvalue weighted by atomic mass is 10.1. The van der Waals surface area contributed by atoms with Gasteiger partial charge >= 0.3 is 6.36 Å². The Bertz CT molecular complexity index is 639. The van der Waals surface area contributed by atoms with Gasteiger partial charge in [0.15, 0.2) is 6.29 Å². The first-order chi connectivity index (χ1) is 9.40. The Morgan fingerprint density at radius 1 is 1.15 bits per heavy atom. The average Bonchev–Trinajstić information content (AvgIpc) is 2.37. The second-order valence-corrected chi connectivity index (χ2v) is 4.03. The zero-order chi connectivity index (χ0) is 14.8. The molecule has 104 valence electrons. The van der Waals surface area contributed by atoms with Gasteiger partial charge in [0.1, 0.15) is 5.75 Å². The van der Waals surface area contributed by atoms with E-state index in [1.807, 2.05) is 0 Å². The predicted octanol–water partition coefficient (Wildman–Crippen LogP) is 3.77. The minimum absolute atomic E-state index is 0.213. The molecule has 2 aromatic rings. The first-order valence-corrected chi connectivity index (χ1v) is 5.68. The summed E-state index contributed by atoms with van der Waals surface area (Å²) in [5.74, 6) is -0.328. The number of alkyl halides is 3. The molecule has 0 amide bonds. The van der Waals surface area contributed by atoms with Crippen molar-refractivity contribution in [3.05, 3.63) is 47.7 Å². The number of aromatic nitrogens is 1. The summed E-state index contributed by atoms with van der Waals surface area (Å²) in [4.78, 5) is 14.8. The van der Waals surface area contributed by atoms with Crippen LogP contribution in [0.15, 0.2) is 36.4 Å². The Morgan fingerprint density at radius 2 is 1.85 bits per heavy atom. The van der Waals surface area contributed by atoms with E-state index in [0.717, 1.165) is 0 Å². The minimum Gasteiger partial charge on any atom is -0.405 e. The summed E-state index contributed by atoms with van der Waals surface area (Å²) in [6, 6.07) is 8.71. The van der Waals surface area contributed by atoms with Gasteiger partial charge in [0.05, 0.1) is 5.69 Å². The molecule has 0 bridgehead atoms. The van der Waals surface area contributed by atoms with Crippen molar-refractivity contribution in [3.8, 4) is 17.0 Å². The van der Waals surface area contributed by atoms with Gasteiger partial charge < -0.3 is 4.74 Å². The highest BCUT2D eigenvalue weighted by Gasteiger charge is 2.32. The number of rotatable bonds is 3. The molecule has 0 saturated heterocycles. The minimum atomic E-state index is -4.77. The lowest BCUT2D eigenvalue weighted by molar-refractivity contribution is -0.274. The number of benzene rings is 1. The van der Waals surface area contributed by atoms with Gasteiger partial charge in [-0.3, -0.25) is 9.78 Å². The van der Waals surface area contributed by atoms with Crippen LogP contribution in [0, 0.1) is 6.92 Å². The fourth-order valence-electron chi connectivity index (χ4n) is 1.74. The topological polar surface area (TPSA) is 39.2 Å². The van der Waals surface area contributed by atoms with E-state index in [-0.39, 0.29) is 11.3 Å². The Morgan fingerprint density at radius 3 is 2.45 bits per heavy atom. The SMILES string of the molecule is Cc1nc(-c2ccccc2OC(F)(F)F)ccc1C=O. The third kappa shape index (κ3) is 3.14. The van der Waals surface area contributed by atoms with Crippen LogP contribution in [-0.4, -0.2) is 17.6 Å². The molecule has 0 radical (unpaired) electrons. The first-order valence-electron chi connectivity index (χ1n) is 5.68. The Labute approximate surface area is 113 Å². The Hall–Kier alpha value is -2.37. The second-order valence-electron chi connectivity index (χ2n) is 4.03. The van der Waals surface area contributed by atoms with Crippen LogP contribution in [0.2, 0.25) is 0 Å². The molecule has 0 spiro atoms. The quantitative estimate of drug-likeness (QED) is 0.804. The lowest BCUT2D eigenvalue weighted by Gasteiger charge is -2.13. The molecule has 0 aliphatic rings. The Kier molecular flexibility index (Phi) is 3.74. The van der Waals surface area contributed by atoms with Crippen LogP contribution in [0.25, 0.3) is 11.3 Å². The highest BCUT2D eigenvalue weighted by molar-refractivity contribution is 5.78. The number of para-hydroxylation sites is 1. The summed E-state index contributed by atoms with van der Waals surface area (Å²) in [7, 11) is 0. The lowest BCUT2D eigenvalue weighted by Crippen LogP contribution is -2.17. The Balaban J connectivity index is 2.47. The zero-order valence-corrected chi connectivity index (χ0v) is 10.4. The van der Waals surface area contributed by atoms with Gasteiger partial charge in [-0.2, -0.15) is 0 Å². The van der Waals surface area contributed by atoms with E-state index < -0.39 is 6.36 Å². The maximum Gasteiger partial charge on any atom is 0.573 e. The van der Waals surface area contributed by atoms with Crippen LogP contribution in [0.4, 0.5) is 13.2 Å². The van der Waals surface area contributed by atoms with Gasteiger partial charge in [0.2, 0.25) is 0 Å². The van der Waals surface area contributed by atoms with Crippen LogP contribution in [-0.2, 0) is 0 Å². The van der Waals surface area contributed by atoms with Crippen LogP contribution in [0.5, 0.6) is 5.75 Å². The van der Waals surface area contributed by atoms with E-state index >= 15 is 0 Å². The normalized spacial score (nSPS) is 11.2. The molecule has 0 aliphatic heterocycles. The molecule has 1 heterocycles. The number of hydrogen-bond acceptors (Lipinski definition) is 3. The van der Waals surface area contributed by atoms with Gasteiger partial charge in [-0.05, 0) is 31.2 Å². The van der Waals surface area contributed by atoms with Crippen LogP contribution in [0.3, 0.4) is 0 Å². The number of aldehydes is 1. The van der Waals surface area contributed by atoms with E-state index in [4.69, 9.17) is 0 Å². The highest BCUT2D eigenvalue weighted by Crippen LogP contribution is 2.32. The van der Waals surface area contributed by atoms with E-state index in [9.17, 15) is 18.0 Å². The van der Waals surface area contributed by atoms with Crippen LogP contribution >= 0.6 is 0 Å². The van der Waals surface area contributed by atoms with Gasteiger partial charge in [0, 0.05) is 16.8 Å². The molecule has 0 saturated carbocycles. The standard InChI is InChI=1S/C14H10F3NO2/c1-9-10(8-19)6-7-12(18-9)11-4-2-3-5-13(11)20-14(15,16)17/h2-8H,1H3. The molecular formula is C14H10F3NO2. The number of halogens is 3. The maximum absolute atomic E-state index is 12.3. The average molecular weight is 281 g/mol. The molecule has 0 fully saturated rings. The molecule has 3 nitrogen and oxygen atoms in total. The molecule has 0 N–H and O–H groups in total. The first kappa shape index (κ1) is 14.0. The fourth-order valence-corrected chi connectivity index (χ4v) is 1.74. The van der Waals surface area contributed by atoms with Gasteiger partial charge in [-0.15, -0.1) is 13.2 Å². The van der Waals surface area contributed by atoms with Crippen molar-refractivity contribution >= 4 is 6.29 Å². The van der Waals surface area contributed by atoms with E-state index in [0.29, 0.717) is 23.2 Å². The molecule has 0 aliphatic carbocycles. The molecule has 20 heavy (non-hydrogen) atoms. The zero-order valence-electron chi connectivity index (χ0n) is 10.4. The summed E-state index contributed by atoms with van der Waals surface area (Å²) < 4.78 is 41.0. The summed E-state index contributed by atoms with van der Waals surface area (Å²) in [6.45, 7) is 1.61. The molecule has 1 aromatic carbocycles. The van der Waals surface area contributed by atoms with Crippen molar-refractivity contribution in [2.45, 2.75) is 13.3 Å². The number of carbonyl (C=O) groups is 1. The molecule has 0 unspecified atom stereocenters. The number of nitrogens with zero attached hydrogens (tertiary/aromatic N) is 1. The number of aryl methyl sites for hydroxylation is 1. The summed E-state index contributed by atoms with van der Waals surface area (Å²) in [5.41, 5.74) is 1.36. The number of hydrogen-bond donors (Lipinski definition) is 0. The van der Waals surface area contributed by atoms with Crippen LogP contribution < -0.4 is 4.74 Å². The van der Waals surface area contributed by atoms with E-state index in [2.05, 4.69) is 9.72 Å². The third-order valence-corrected chi connectivity index (χ3v) is 2.64. The van der Waals surface area contributed by atoms with E-state index in [1.165, 1.54) is 30.3 Å². The fraction of sp³-hybridized carbons (Fsp3) is 0.143. The van der Waals surface area contributed by atoms with Gasteiger partial charge in [0.25, 0.3) is 0 Å². The molecule has 2 rings (SSSR count). The number of carbonyl (C=O) groups excluding carboxylic acids is 1. The summed E-state index contributed by atoms with van der Waals surface area (Å²) in [5, 5.41) is 0. The maximum atomic E-state index is 12.3. The van der Waals surface area contributed by atoms with Gasteiger partial charge in [-0.1, -0.05) is 12.1 Å². The van der Waals surface area contributed by atoms with Crippen molar-refractivity contribution in [3.63, 3.8) is 0 Å². The molecule has 1 aromatic heterocycles. The van der Waals surface area contributed by atoms with Crippen molar-refractivity contribution in [1.82, 2.24) is 4.98 Å². The highest BCUT2D eigenvalue weighted by atomic mass is 19.4.